The van der Waals surface area contributed by atoms with Crippen LogP contribution in [0.4, 0.5) is 11.6 Å². The van der Waals surface area contributed by atoms with Crippen LogP contribution in [0.15, 0.2) is 28.4 Å². The van der Waals surface area contributed by atoms with Crippen LogP contribution in [0.5, 0.6) is 5.75 Å². The fourth-order valence-electron chi connectivity index (χ4n) is 3.34. The molecule has 0 spiro atoms. The molecular weight excluding hydrogens is 378 g/mol. The molecule has 0 unspecified atom stereocenters. The van der Waals surface area contributed by atoms with E-state index in [2.05, 4.69) is 19.9 Å². The number of anilines is 2. The van der Waals surface area contributed by atoms with Crippen LogP contribution in [-0.2, 0) is 4.74 Å². The van der Waals surface area contributed by atoms with Crippen LogP contribution in [0.2, 0.25) is 5.15 Å². The molecule has 0 aromatic carbocycles. The molecule has 0 aliphatic carbocycles. The van der Waals surface area contributed by atoms with E-state index in [9.17, 15) is 0 Å². The molecular formula is C16H18ClN5O3S. The number of pyridine rings is 1. The summed E-state index contributed by atoms with van der Waals surface area (Å²) >= 11 is 7.20. The molecule has 138 valence electrons. The van der Waals surface area contributed by atoms with Crippen molar-refractivity contribution in [3.63, 3.8) is 0 Å². The highest BCUT2D eigenvalue weighted by molar-refractivity contribution is 7.99. The average Bonchev–Trinajstić information content (AvgIpc) is 3.06. The third kappa shape index (κ3) is 3.39. The van der Waals surface area contributed by atoms with E-state index >= 15 is 0 Å². The molecule has 0 bridgehead atoms. The minimum Gasteiger partial charge on any atom is -0.486 e. The van der Waals surface area contributed by atoms with Gasteiger partial charge in [0, 0.05) is 18.7 Å². The highest BCUT2D eigenvalue weighted by Crippen LogP contribution is 2.45. The smallest absolute Gasteiger partial charge is 0.175 e. The predicted octanol–water partition coefficient (Wildman–Crippen LogP) is 1.81. The third-order valence-electron chi connectivity index (χ3n) is 4.43. The second kappa shape index (κ2) is 7.43. The lowest BCUT2D eigenvalue weighted by molar-refractivity contribution is -0.0151. The van der Waals surface area contributed by atoms with E-state index in [4.69, 9.17) is 31.9 Å². The molecule has 2 aromatic rings. The van der Waals surface area contributed by atoms with Crippen LogP contribution in [0, 0.1) is 5.92 Å². The molecule has 0 amide bonds. The molecule has 4 heterocycles. The number of aliphatic hydroxyl groups is 1. The summed E-state index contributed by atoms with van der Waals surface area (Å²) in [5, 5.41) is 9.69. The molecule has 8 nitrogen and oxygen atoms in total. The standard InChI is InChI=1S/C16H18ClN5O3S/c17-12-4-20-16(14(18)21-12)26-11-1-2-19-15-13(11)25-7-10-3-9(5-22(10)15)6-24-8-23/h1-2,4,9-10,23H,3,5-8H2,(H2,18,21)/t9-,10-/m0/s1. The van der Waals surface area contributed by atoms with Crippen molar-refractivity contribution >= 4 is 35.0 Å². The Balaban J connectivity index is 1.58. The first kappa shape index (κ1) is 17.6. The topological polar surface area (TPSA) is 107 Å². The molecule has 1 saturated heterocycles. The lowest BCUT2D eigenvalue weighted by atomic mass is 10.1. The number of aromatic nitrogens is 3. The van der Waals surface area contributed by atoms with Crippen molar-refractivity contribution in [1.29, 1.82) is 0 Å². The maximum Gasteiger partial charge on any atom is 0.175 e. The summed E-state index contributed by atoms with van der Waals surface area (Å²) in [6, 6.07) is 2.14. The molecule has 1 fully saturated rings. The molecule has 10 heteroatoms. The van der Waals surface area contributed by atoms with Crippen molar-refractivity contribution in [2.24, 2.45) is 5.92 Å². The fourth-order valence-corrected chi connectivity index (χ4v) is 4.32. The van der Waals surface area contributed by atoms with Gasteiger partial charge in [0.05, 0.1) is 23.7 Å². The monoisotopic (exact) mass is 395 g/mol. The minimum absolute atomic E-state index is 0.253. The normalized spacial score (nSPS) is 21.2. The predicted molar refractivity (Wildman–Crippen MR) is 97.6 cm³/mol. The van der Waals surface area contributed by atoms with Gasteiger partial charge in [0.1, 0.15) is 23.6 Å². The number of nitrogen functional groups attached to an aromatic ring is 1. The Labute approximate surface area is 159 Å². The SMILES string of the molecule is Nc1nc(Cl)cnc1Sc1ccnc2c1OC[C@@H]1C[C@H](COCO)CN21. The summed E-state index contributed by atoms with van der Waals surface area (Å²) in [7, 11) is 0. The zero-order valence-corrected chi connectivity index (χ0v) is 15.4. The minimum atomic E-state index is -0.253. The number of halogens is 1. The molecule has 26 heavy (non-hydrogen) atoms. The van der Waals surface area contributed by atoms with Gasteiger partial charge in [-0.3, -0.25) is 0 Å². The van der Waals surface area contributed by atoms with Crippen molar-refractivity contribution in [3.05, 3.63) is 23.6 Å². The van der Waals surface area contributed by atoms with Gasteiger partial charge in [0.15, 0.2) is 17.4 Å². The van der Waals surface area contributed by atoms with Gasteiger partial charge in [-0.25, -0.2) is 15.0 Å². The Morgan fingerprint density at radius 3 is 3.15 bits per heavy atom. The van der Waals surface area contributed by atoms with E-state index in [1.54, 1.807) is 6.20 Å². The number of aliphatic hydroxyl groups excluding tert-OH is 1. The van der Waals surface area contributed by atoms with Crippen molar-refractivity contribution < 1.29 is 14.6 Å². The van der Waals surface area contributed by atoms with E-state index in [0.29, 0.717) is 24.2 Å². The summed E-state index contributed by atoms with van der Waals surface area (Å²) < 4.78 is 11.2. The Bertz CT molecular complexity index is 811. The molecule has 3 N–H and O–H groups in total. The summed E-state index contributed by atoms with van der Waals surface area (Å²) in [6.07, 6.45) is 4.18. The Hall–Kier alpha value is -1.81. The molecule has 0 radical (unpaired) electrons. The highest BCUT2D eigenvalue weighted by Gasteiger charge is 2.38. The zero-order valence-electron chi connectivity index (χ0n) is 13.8. The third-order valence-corrected chi connectivity index (χ3v) is 5.66. The lowest BCUT2D eigenvalue weighted by Crippen LogP contribution is -2.39. The molecule has 2 aliphatic rings. The van der Waals surface area contributed by atoms with Crippen LogP contribution in [-0.4, -0.2) is 52.7 Å². The van der Waals surface area contributed by atoms with Gasteiger partial charge in [0.25, 0.3) is 0 Å². The Morgan fingerprint density at radius 1 is 1.46 bits per heavy atom. The number of hydrogen-bond acceptors (Lipinski definition) is 9. The van der Waals surface area contributed by atoms with Crippen LogP contribution in [0.25, 0.3) is 0 Å². The van der Waals surface area contributed by atoms with E-state index in [-0.39, 0.29) is 23.8 Å². The first-order valence-electron chi connectivity index (χ1n) is 8.18. The second-order valence-electron chi connectivity index (χ2n) is 6.17. The van der Waals surface area contributed by atoms with E-state index < -0.39 is 0 Å². The van der Waals surface area contributed by atoms with Gasteiger partial charge in [-0.15, -0.1) is 0 Å². The van der Waals surface area contributed by atoms with Crippen molar-refractivity contribution in [3.8, 4) is 5.75 Å². The number of rotatable bonds is 5. The maximum atomic E-state index is 8.85. The molecule has 2 aromatic heterocycles. The molecule has 4 rings (SSSR count). The van der Waals surface area contributed by atoms with Crippen LogP contribution >= 0.6 is 23.4 Å². The van der Waals surface area contributed by atoms with Crippen LogP contribution < -0.4 is 15.4 Å². The number of nitrogens with zero attached hydrogens (tertiary/aromatic N) is 4. The summed E-state index contributed by atoms with van der Waals surface area (Å²) in [6.45, 7) is 1.69. The summed E-state index contributed by atoms with van der Waals surface area (Å²) in [5.74, 6) is 2.17. The van der Waals surface area contributed by atoms with Crippen molar-refractivity contribution in [2.45, 2.75) is 22.4 Å². The first-order chi connectivity index (χ1) is 12.7. The van der Waals surface area contributed by atoms with E-state index in [1.165, 1.54) is 18.0 Å². The van der Waals surface area contributed by atoms with Crippen molar-refractivity contribution in [2.75, 3.05) is 37.2 Å². The largest absolute Gasteiger partial charge is 0.486 e. The van der Waals surface area contributed by atoms with Gasteiger partial charge in [-0.05, 0) is 12.5 Å². The van der Waals surface area contributed by atoms with Crippen LogP contribution in [0.3, 0.4) is 0 Å². The van der Waals surface area contributed by atoms with Crippen molar-refractivity contribution in [1.82, 2.24) is 15.0 Å². The molecule has 2 aliphatic heterocycles. The quantitative estimate of drug-likeness (QED) is 0.733. The summed E-state index contributed by atoms with van der Waals surface area (Å²) in [4.78, 5) is 15.9. The van der Waals surface area contributed by atoms with Gasteiger partial charge >= 0.3 is 0 Å². The maximum absolute atomic E-state index is 8.85. The van der Waals surface area contributed by atoms with E-state index in [0.717, 1.165) is 29.4 Å². The Kier molecular flexibility index (Phi) is 5.03. The van der Waals surface area contributed by atoms with Gasteiger partial charge in [-0.1, -0.05) is 23.4 Å². The molecule has 2 atom stereocenters. The Morgan fingerprint density at radius 2 is 2.35 bits per heavy atom. The van der Waals surface area contributed by atoms with Gasteiger partial charge < -0.3 is 25.2 Å². The first-order valence-corrected chi connectivity index (χ1v) is 9.38. The molecule has 0 saturated carbocycles. The second-order valence-corrected chi connectivity index (χ2v) is 7.58. The van der Waals surface area contributed by atoms with E-state index in [1.807, 2.05) is 6.07 Å². The van der Waals surface area contributed by atoms with Crippen LogP contribution in [0.1, 0.15) is 6.42 Å². The lowest BCUT2D eigenvalue weighted by Gasteiger charge is -2.33. The summed E-state index contributed by atoms with van der Waals surface area (Å²) in [5.41, 5.74) is 5.92. The number of fused-ring (bicyclic) bond motifs is 3. The highest BCUT2D eigenvalue weighted by atomic mass is 35.5. The van der Waals surface area contributed by atoms with Gasteiger partial charge in [-0.2, -0.15) is 0 Å². The zero-order chi connectivity index (χ0) is 18.1. The number of ether oxygens (including phenoxy) is 2. The fraction of sp³-hybridized carbons (Fsp3) is 0.438. The number of hydrogen-bond donors (Lipinski definition) is 2. The number of nitrogens with two attached hydrogens (primary N) is 1. The van der Waals surface area contributed by atoms with Gasteiger partial charge in [0.2, 0.25) is 0 Å². The average molecular weight is 396 g/mol.